The first-order chi connectivity index (χ1) is 10.2. The molecule has 0 radical (unpaired) electrons. The van der Waals surface area contributed by atoms with E-state index in [2.05, 4.69) is 10.3 Å². The van der Waals surface area contributed by atoms with Crippen molar-refractivity contribution in [1.82, 2.24) is 10.3 Å². The Balaban J connectivity index is 1.49. The van der Waals surface area contributed by atoms with Gasteiger partial charge in [-0.2, -0.15) is 0 Å². The largest absolute Gasteiger partial charge is 0.381 e. The lowest BCUT2D eigenvalue weighted by atomic mass is 10.1. The van der Waals surface area contributed by atoms with Gasteiger partial charge < -0.3 is 10.1 Å². The van der Waals surface area contributed by atoms with Crippen molar-refractivity contribution in [3.8, 4) is 0 Å². The number of hydrogen-bond acceptors (Lipinski definition) is 5. The second-order valence-electron chi connectivity index (χ2n) is 5.48. The molecule has 0 unspecified atom stereocenters. The van der Waals surface area contributed by atoms with E-state index in [1.54, 1.807) is 4.90 Å². The van der Waals surface area contributed by atoms with Crippen molar-refractivity contribution in [2.24, 2.45) is 5.92 Å². The van der Waals surface area contributed by atoms with Crippen LogP contribution in [0.3, 0.4) is 0 Å². The smallest absolute Gasteiger partial charge is 0.228 e. The van der Waals surface area contributed by atoms with E-state index >= 15 is 0 Å². The number of hydrogen-bond donors (Lipinski definition) is 1. The predicted octanol–water partition coefficient (Wildman–Crippen LogP) is 0.965. The zero-order chi connectivity index (χ0) is 14.7. The van der Waals surface area contributed by atoms with Crippen LogP contribution in [-0.4, -0.2) is 43.1 Å². The van der Waals surface area contributed by atoms with Gasteiger partial charge in [-0.3, -0.25) is 14.5 Å². The topological polar surface area (TPSA) is 71.5 Å². The van der Waals surface area contributed by atoms with Gasteiger partial charge in [0.2, 0.25) is 11.8 Å². The van der Waals surface area contributed by atoms with Gasteiger partial charge in [-0.15, -0.1) is 11.3 Å². The zero-order valence-electron chi connectivity index (χ0n) is 11.8. The van der Waals surface area contributed by atoms with Gasteiger partial charge in [-0.1, -0.05) is 0 Å². The van der Waals surface area contributed by atoms with E-state index in [-0.39, 0.29) is 18.2 Å². The quantitative estimate of drug-likeness (QED) is 0.879. The zero-order valence-corrected chi connectivity index (χ0v) is 12.7. The average molecular weight is 309 g/mol. The lowest BCUT2D eigenvalue weighted by molar-refractivity contribution is -0.120. The lowest BCUT2D eigenvalue weighted by Crippen LogP contribution is -2.30. The molecule has 1 N–H and O–H groups in total. The SMILES string of the molecule is O=C(Cc1csc(N2CCCC2=O)n1)NC[C@H]1CCOC1. The van der Waals surface area contributed by atoms with Gasteiger partial charge in [0.05, 0.1) is 18.7 Å². The number of carbonyl (C=O) groups excluding carboxylic acids is 2. The first-order valence-electron chi connectivity index (χ1n) is 7.31. The summed E-state index contributed by atoms with van der Waals surface area (Å²) < 4.78 is 5.28. The predicted molar refractivity (Wildman–Crippen MR) is 79.3 cm³/mol. The Bertz CT molecular complexity index is 525. The second-order valence-corrected chi connectivity index (χ2v) is 6.32. The van der Waals surface area contributed by atoms with Gasteiger partial charge in [0, 0.05) is 37.4 Å². The molecular formula is C14H19N3O3S. The Hall–Kier alpha value is -1.47. The summed E-state index contributed by atoms with van der Waals surface area (Å²) in [6, 6.07) is 0. The standard InChI is InChI=1S/C14H19N3O3S/c18-12(15-7-10-3-5-20-8-10)6-11-9-21-14(16-11)17-4-1-2-13(17)19/h9-10H,1-8H2,(H,15,18)/t10-/m1/s1. The van der Waals surface area contributed by atoms with Crippen LogP contribution in [0.4, 0.5) is 5.13 Å². The molecule has 7 heteroatoms. The first kappa shape index (κ1) is 14.5. The fraction of sp³-hybridized carbons (Fsp3) is 0.643. The molecule has 0 aromatic carbocycles. The van der Waals surface area contributed by atoms with Gasteiger partial charge in [-0.25, -0.2) is 4.98 Å². The summed E-state index contributed by atoms with van der Waals surface area (Å²) in [6.07, 6.45) is 2.76. The molecule has 2 saturated heterocycles. The molecule has 2 amide bonds. The third-order valence-corrected chi connectivity index (χ3v) is 4.71. The maximum absolute atomic E-state index is 11.9. The van der Waals surface area contributed by atoms with Crippen LogP contribution in [0.15, 0.2) is 5.38 Å². The van der Waals surface area contributed by atoms with Crippen molar-refractivity contribution in [2.75, 3.05) is 31.2 Å². The van der Waals surface area contributed by atoms with Crippen LogP contribution in [0.1, 0.15) is 25.0 Å². The van der Waals surface area contributed by atoms with Crippen LogP contribution in [-0.2, 0) is 20.7 Å². The highest BCUT2D eigenvalue weighted by atomic mass is 32.1. The van der Waals surface area contributed by atoms with E-state index in [9.17, 15) is 9.59 Å². The minimum absolute atomic E-state index is 0.0218. The van der Waals surface area contributed by atoms with Crippen molar-refractivity contribution in [3.63, 3.8) is 0 Å². The maximum Gasteiger partial charge on any atom is 0.228 e. The average Bonchev–Trinajstić information content (AvgIpc) is 3.17. The number of nitrogens with one attached hydrogen (secondary N) is 1. The van der Waals surface area contributed by atoms with Crippen LogP contribution in [0.5, 0.6) is 0 Å². The summed E-state index contributed by atoms with van der Waals surface area (Å²) in [7, 11) is 0. The van der Waals surface area contributed by atoms with Crippen molar-refractivity contribution in [3.05, 3.63) is 11.1 Å². The molecule has 1 atom stereocenters. The van der Waals surface area contributed by atoms with E-state index in [0.29, 0.717) is 24.0 Å². The molecule has 21 heavy (non-hydrogen) atoms. The second kappa shape index (κ2) is 6.53. The Morgan fingerprint density at radius 1 is 1.57 bits per heavy atom. The highest BCUT2D eigenvalue weighted by Gasteiger charge is 2.24. The summed E-state index contributed by atoms with van der Waals surface area (Å²) in [5.41, 5.74) is 0.731. The third kappa shape index (κ3) is 3.59. The number of carbonyl (C=O) groups is 2. The van der Waals surface area contributed by atoms with Crippen molar-refractivity contribution in [1.29, 1.82) is 0 Å². The van der Waals surface area contributed by atoms with Crippen LogP contribution in [0.2, 0.25) is 0 Å². The molecule has 0 aliphatic carbocycles. The van der Waals surface area contributed by atoms with Gasteiger partial charge in [0.15, 0.2) is 5.13 Å². The summed E-state index contributed by atoms with van der Waals surface area (Å²) in [5.74, 6) is 0.537. The Labute approximate surface area is 127 Å². The van der Waals surface area contributed by atoms with E-state index < -0.39 is 0 Å². The molecule has 0 bridgehead atoms. The van der Waals surface area contributed by atoms with Crippen LogP contribution >= 0.6 is 11.3 Å². The number of amides is 2. The third-order valence-electron chi connectivity index (χ3n) is 3.80. The molecule has 0 saturated carbocycles. The molecule has 2 aliphatic rings. The van der Waals surface area contributed by atoms with Crippen molar-refractivity contribution < 1.29 is 14.3 Å². The molecular weight excluding hydrogens is 290 g/mol. The van der Waals surface area contributed by atoms with Gasteiger partial charge >= 0.3 is 0 Å². The number of ether oxygens (including phenoxy) is 1. The fourth-order valence-corrected chi connectivity index (χ4v) is 3.45. The fourth-order valence-electron chi connectivity index (χ4n) is 2.58. The number of thiazole rings is 1. The highest BCUT2D eigenvalue weighted by molar-refractivity contribution is 7.14. The lowest BCUT2D eigenvalue weighted by Gasteiger charge is -2.10. The summed E-state index contributed by atoms with van der Waals surface area (Å²) in [4.78, 5) is 29.7. The van der Waals surface area contributed by atoms with Gasteiger partial charge in [-0.05, 0) is 12.8 Å². The molecule has 1 aromatic rings. The van der Waals surface area contributed by atoms with E-state index in [1.807, 2.05) is 5.38 Å². The van der Waals surface area contributed by atoms with E-state index in [4.69, 9.17) is 4.74 Å². The van der Waals surface area contributed by atoms with Crippen LogP contribution < -0.4 is 10.2 Å². The molecule has 3 heterocycles. The van der Waals surface area contributed by atoms with E-state index in [0.717, 1.165) is 38.3 Å². The van der Waals surface area contributed by atoms with Crippen LogP contribution in [0.25, 0.3) is 0 Å². The number of rotatable bonds is 5. The molecule has 2 aliphatic heterocycles. The van der Waals surface area contributed by atoms with Gasteiger partial charge in [0.1, 0.15) is 0 Å². The molecule has 114 valence electrons. The summed E-state index contributed by atoms with van der Waals surface area (Å²) in [5, 5.41) is 5.50. The monoisotopic (exact) mass is 309 g/mol. The first-order valence-corrected chi connectivity index (χ1v) is 8.19. The molecule has 2 fully saturated rings. The Kier molecular flexibility index (Phi) is 4.50. The highest BCUT2D eigenvalue weighted by Crippen LogP contribution is 2.25. The Morgan fingerprint density at radius 3 is 3.19 bits per heavy atom. The maximum atomic E-state index is 11.9. The minimum atomic E-state index is -0.0218. The van der Waals surface area contributed by atoms with Gasteiger partial charge in [0.25, 0.3) is 0 Å². The summed E-state index contributed by atoms with van der Waals surface area (Å²) >= 11 is 1.43. The number of aromatic nitrogens is 1. The molecule has 6 nitrogen and oxygen atoms in total. The number of anilines is 1. The van der Waals surface area contributed by atoms with Crippen LogP contribution in [0, 0.1) is 5.92 Å². The normalized spacial score (nSPS) is 22.0. The van der Waals surface area contributed by atoms with Crippen molar-refractivity contribution >= 4 is 28.3 Å². The minimum Gasteiger partial charge on any atom is -0.381 e. The molecule has 0 spiro atoms. The number of nitrogens with zero attached hydrogens (tertiary/aromatic N) is 2. The molecule has 1 aromatic heterocycles. The van der Waals surface area contributed by atoms with E-state index in [1.165, 1.54) is 11.3 Å². The Morgan fingerprint density at radius 2 is 2.48 bits per heavy atom. The molecule has 3 rings (SSSR count). The summed E-state index contributed by atoms with van der Waals surface area (Å²) in [6.45, 7) is 2.93. The van der Waals surface area contributed by atoms with Crippen molar-refractivity contribution in [2.45, 2.75) is 25.7 Å².